The van der Waals surface area contributed by atoms with Crippen LogP contribution in [0.2, 0.25) is 5.02 Å². The summed E-state index contributed by atoms with van der Waals surface area (Å²) in [6.45, 7) is 5.88. The van der Waals surface area contributed by atoms with Gasteiger partial charge in [-0.3, -0.25) is 4.39 Å². The van der Waals surface area contributed by atoms with Gasteiger partial charge in [0.2, 0.25) is 0 Å². The van der Waals surface area contributed by atoms with Crippen molar-refractivity contribution in [1.82, 2.24) is 0 Å². The van der Waals surface area contributed by atoms with Crippen molar-refractivity contribution < 1.29 is 4.39 Å². The molecule has 0 N–H and O–H groups in total. The Morgan fingerprint density at radius 3 is 2.40 bits per heavy atom. The zero-order valence-corrected chi connectivity index (χ0v) is 10.3. The summed E-state index contributed by atoms with van der Waals surface area (Å²) in [6.07, 6.45) is 0.993. The molecule has 0 bridgehead atoms. The number of benzene rings is 1. The van der Waals surface area contributed by atoms with Gasteiger partial charge in [-0.05, 0) is 35.6 Å². The molecule has 1 aromatic carbocycles. The highest BCUT2D eigenvalue weighted by molar-refractivity contribution is 6.30. The van der Waals surface area contributed by atoms with Gasteiger partial charge in [0.25, 0.3) is 0 Å². The molecule has 0 saturated heterocycles. The van der Waals surface area contributed by atoms with Crippen LogP contribution in [0.3, 0.4) is 0 Å². The fourth-order valence-electron chi connectivity index (χ4n) is 1.64. The average molecular weight is 229 g/mol. The molecule has 0 aliphatic carbocycles. The van der Waals surface area contributed by atoms with Gasteiger partial charge in [-0.2, -0.15) is 0 Å². The molecule has 84 valence electrons. The number of rotatable bonds is 4. The Morgan fingerprint density at radius 2 is 1.87 bits per heavy atom. The zero-order valence-electron chi connectivity index (χ0n) is 9.56. The molecule has 1 rings (SSSR count). The lowest BCUT2D eigenvalue weighted by Crippen LogP contribution is -1.99. The van der Waals surface area contributed by atoms with Crippen LogP contribution in [0.1, 0.15) is 37.8 Å². The summed E-state index contributed by atoms with van der Waals surface area (Å²) >= 11 is 6.01. The number of alkyl halides is 1. The summed E-state index contributed by atoms with van der Waals surface area (Å²) in [5, 5.41) is 0.712. The van der Waals surface area contributed by atoms with Crippen LogP contribution in [0.4, 0.5) is 4.39 Å². The second-order valence-corrected chi connectivity index (χ2v) is 4.98. The first-order valence-electron chi connectivity index (χ1n) is 5.38. The van der Waals surface area contributed by atoms with Gasteiger partial charge in [-0.1, -0.05) is 38.4 Å². The van der Waals surface area contributed by atoms with E-state index in [0.717, 1.165) is 12.0 Å². The Labute approximate surface area is 96.5 Å². The van der Waals surface area contributed by atoms with Crippen LogP contribution in [-0.2, 0) is 6.42 Å². The SMILES string of the molecule is CC(C)Cc1cc(Cl)cc(C(C)CF)c1. The molecule has 0 fully saturated rings. The first-order valence-corrected chi connectivity index (χ1v) is 5.76. The first kappa shape index (κ1) is 12.5. The molecule has 0 aliphatic rings. The van der Waals surface area contributed by atoms with Gasteiger partial charge in [0.1, 0.15) is 0 Å². The fraction of sp³-hybridized carbons (Fsp3) is 0.538. The lowest BCUT2D eigenvalue weighted by Gasteiger charge is -2.12. The first-order chi connectivity index (χ1) is 7.02. The Bertz CT molecular complexity index is 320. The molecule has 1 unspecified atom stereocenters. The molecular formula is C13H18ClF. The lowest BCUT2D eigenvalue weighted by atomic mass is 9.96. The molecule has 1 aromatic rings. The van der Waals surface area contributed by atoms with Gasteiger partial charge < -0.3 is 0 Å². The summed E-state index contributed by atoms with van der Waals surface area (Å²) in [4.78, 5) is 0. The van der Waals surface area contributed by atoms with Crippen molar-refractivity contribution in [3.8, 4) is 0 Å². The van der Waals surface area contributed by atoms with E-state index in [4.69, 9.17) is 11.6 Å². The van der Waals surface area contributed by atoms with Crippen LogP contribution in [0.25, 0.3) is 0 Å². The Kier molecular flexibility index (Phi) is 4.59. The van der Waals surface area contributed by atoms with E-state index in [9.17, 15) is 4.39 Å². The van der Waals surface area contributed by atoms with E-state index in [0.29, 0.717) is 10.9 Å². The molecule has 0 amide bonds. The van der Waals surface area contributed by atoms with Gasteiger partial charge in [-0.25, -0.2) is 0 Å². The van der Waals surface area contributed by atoms with Crippen LogP contribution in [0.5, 0.6) is 0 Å². The fourth-order valence-corrected chi connectivity index (χ4v) is 1.90. The third-order valence-electron chi connectivity index (χ3n) is 2.42. The second kappa shape index (κ2) is 5.50. The quantitative estimate of drug-likeness (QED) is 0.706. The highest BCUT2D eigenvalue weighted by atomic mass is 35.5. The molecule has 0 nitrogen and oxygen atoms in total. The van der Waals surface area contributed by atoms with Gasteiger partial charge >= 0.3 is 0 Å². The molecule has 15 heavy (non-hydrogen) atoms. The Balaban J connectivity index is 2.94. The molecule has 0 heterocycles. The van der Waals surface area contributed by atoms with E-state index >= 15 is 0 Å². The smallest absolute Gasteiger partial charge is 0.0960 e. The summed E-state index contributed by atoms with van der Waals surface area (Å²) in [5.74, 6) is 0.534. The number of hydrogen-bond acceptors (Lipinski definition) is 0. The molecule has 2 heteroatoms. The summed E-state index contributed by atoms with van der Waals surface area (Å²) < 4.78 is 12.6. The van der Waals surface area contributed by atoms with Crippen molar-refractivity contribution in [3.05, 3.63) is 34.3 Å². The Morgan fingerprint density at radius 1 is 1.20 bits per heavy atom. The minimum absolute atomic E-state index is 0.0605. The normalized spacial score (nSPS) is 13.2. The predicted molar refractivity (Wildman–Crippen MR) is 64.4 cm³/mol. The molecular weight excluding hydrogens is 211 g/mol. The second-order valence-electron chi connectivity index (χ2n) is 4.55. The van der Waals surface area contributed by atoms with E-state index < -0.39 is 0 Å². The molecule has 0 saturated carbocycles. The summed E-state index contributed by atoms with van der Waals surface area (Å²) in [5.41, 5.74) is 2.20. The highest BCUT2D eigenvalue weighted by Gasteiger charge is 2.08. The predicted octanol–water partition coefficient (Wildman–Crippen LogP) is 4.61. The summed E-state index contributed by atoms with van der Waals surface area (Å²) in [6, 6.07) is 5.89. The van der Waals surface area contributed by atoms with Crippen LogP contribution in [0, 0.1) is 5.92 Å². The zero-order chi connectivity index (χ0) is 11.4. The highest BCUT2D eigenvalue weighted by Crippen LogP contribution is 2.23. The van der Waals surface area contributed by atoms with Crippen LogP contribution in [0.15, 0.2) is 18.2 Å². The molecule has 0 spiro atoms. The lowest BCUT2D eigenvalue weighted by molar-refractivity contribution is 0.447. The van der Waals surface area contributed by atoms with Gasteiger partial charge in [0, 0.05) is 10.9 Å². The molecule has 0 radical (unpaired) electrons. The summed E-state index contributed by atoms with van der Waals surface area (Å²) in [7, 11) is 0. The van der Waals surface area contributed by atoms with Crippen molar-refractivity contribution in [2.24, 2.45) is 5.92 Å². The maximum Gasteiger partial charge on any atom is 0.0960 e. The largest absolute Gasteiger partial charge is 0.250 e. The van der Waals surface area contributed by atoms with E-state index in [1.807, 2.05) is 19.1 Å². The van der Waals surface area contributed by atoms with Gasteiger partial charge in [-0.15, -0.1) is 0 Å². The minimum Gasteiger partial charge on any atom is -0.250 e. The van der Waals surface area contributed by atoms with Crippen LogP contribution in [-0.4, -0.2) is 6.67 Å². The maximum atomic E-state index is 12.6. The van der Waals surface area contributed by atoms with Gasteiger partial charge in [0.05, 0.1) is 6.67 Å². The van der Waals surface area contributed by atoms with E-state index in [2.05, 4.69) is 19.9 Å². The monoisotopic (exact) mass is 228 g/mol. The van der Waals surface area contributed by atoms with E-state index in [1.54, 1.807) is 0 Å². The number of halogens is 2. The number of hydrogen-bond donors (Lipinski definition) is 0. The van der Waals surface area contributed by atoms with E-state index in [1.165, 1.54) is 5.56 Å². The van der Waals surface area contributed by atoms with Crippen molar-refractivity contribution >= 4 is 11.6 Å². The molecule has 0 aromatic heterocycles. The van der Waals surface area contributed by atoms with Crippen LogP contribution < -0.4 is 0 Å². The van der Waals surface area contributed by atoms with Crippen molar-refractivity contribution in [1.29, 1.82) is 0 Å². The topological polar surface area (TPSA) is 0 Å². The standard InChI is InChI=1S/C13H18ClF/c1-9(2)4-11-5-12(10(3)8-15)7-13(14)6-11/h5-7,9-10H,4,8H2,1-3H3. The van der Waals surface area contributed by atoms with Crippen molar-refractivity contribution in [2.75, 3.05) is 6.67 Å². The van der Waals surface area contributed by atoms with Crippen molar-refractivity contribution in [3.63, 3.8) is 0 Å². The minimum atomic E-state index is -0.332. The third kappa shape index (κ3) is 3.83. The van der Waals surface area contributed by atoms with Crippen LogP contribution >= 0.6 is 11.6 Å². The molecule has 1 atom stereocenters. The van der Waals surface area contributed by atoms with Crippen molar-refractivity contribution in [2.45, 2.75) is 33.1 Å². The molecule has 0 aliphatic heterocycles. The van der Waals surface area contributed by atoms with E-state index in [-0.39, 0.29) is 12.6 Å². The Hall–Kier alpha value is -0.560. The average Bonchev–Trinajstić information content (AvgIpc) is 2.14. The maximum absolute atomic E-state index is 12.6. The third-order valence-corrected chi connectivity index (χ3v) is 2.64. The van der Waals surface area contributed by atoms with Gasteiger partial charge in [0.15, 0.2) is 0 Å².